The Morgan fingerprint density at radius 3 is 2.61 bits per heavy atom. The summed E-state index contributed by atoms with van der Waals surface area (Å²) in [6.07, 6.45) is 4.27. The fourth-order valence-corrected chi connectivity index (χ4v) is 2.81. The van der Waals surface area contributed by atoms with Crippen molar-refractivity contribution in [1.82, 2.24) is 9.55 Å². The van der Waals surface area contributed by atoms with Crippen LogP contribution in [-0.4, -0.2) is 22.0 Å². The van der Waals surface area contributed by atoms with Crippen LogP contribution in [0.15, 0.2) is 68.8 Å². The van der Waals surface area contributed by atoms with Crippen molar-refractivity contribution in [3.8, 4) is 0 Å². The number of H-pyrrole nitrogens is 1. The van der Waals surface area contributed by atoms with Crippen LogP contribution < -0.4 is 21.9 Å². The summed E-state index contributed by atoms with van der Waals surface area (Å²) in [6, 6.07) is 12.6. The molecule has 0 aliphatic carbocycles. The Balaban J connectivity index is 1.99. The summed E-state index contributed by atoms with van der Waals surface area (Å²) >= 11 is 0. The van der Waals surface area contributed by atoms with Crippen LogP contribution in [0.3, 0.4) is 0 Å². The van der Waals surface area contributed by atoms with Crippen LogP contribution in [-0.2, 0) is 11.3 Å². The van der Waals surface area contributed by atoms with Crippen LogP contribution >= 0.6 is 0 Å². The molecule has 1 aromatic carbocycles. The number of hydrogen-bond donors (Lipinski definition) is 2. The molecule has 0 unspecified atom stereocenters. The molecule has 0 saturated heterocycles. The minimum Gasteiger partial charge on any atom is -0.465 e. The van der Waals surface area contributed by atoms with Gasteiger partial charge in [0.2, 0.25) is 0 Å². The molecule has 0 fully saturated rings. The highest BCUT2D eigenvalue weighted by Crippen LogP contribution is 2.18. The molecule has 8 nitrogen and oxygen atoms in total. The summed E-state index contributed by atoms with van der Waals surface area (Å²) in [4.78, 5) is 40.8. The first kappa shape index (κ1) is 19.0. The molecule has 2 aromatic heterocycles. The van der Waals surface area contributed by atoms with Gasteiger partial charge in [-0.2, -0.15) is 0 Å². The Kier molecular flexibility index (Phi) is 5.59. The molecule has 3 rings (SSSR count). The second-order valence-electron chi connectivity index (χ2n) is 6.00. The molecule has 3 N–H and O–H groups in total. The van der Waals surface area contributed by atoms with Gasteiger partial charge in [0.1, 0.15) is 11.6 Å². The molecule has 3 aromatic rings. The smallest absolute Gasteiger partial charge is 0.330 e. The van der Waals surface area contributed by atoms with Gasteiger partial charge >= 0.3 is 5.69 Å². The lowest BCUT2D eigenvalue weighted by Gasteiger charge is -2.22. The molecule has 2 heterocycles. The Morgan fingerprint density at radius 1 is 1.21 bits per heavy atom. The minimum absolute atomic E-state index is 0.0628. The minimum atomic E-state index is -0.714. The van der Waals surface area contributed by atoms with Gasteiger partial charge in [-0.25, -0.2) is 4.79 Å². The number of rotatable bonds is 6. The van der Waals surface area contributed by atoms with Crippen molar-refractivity contribution in [2.24, 2.45) is 0 Å². The maximum absolute atomic E-state index is 12.6. The zero-order chi connectivity index (χ0) is 20.1. The van der Waals surface area contributed by atoms with Gasteiger partial charge < -0.3 is 15.1 Å². The van der Waals surface area contributed by atoms with Gasteiger partial charge in [0.15, 0.2) is 5.69 Å². The number of anilines is 2. The Hall–Kier alpha value is -3.81. The molecule has 0 bridgehead atoms. The second-order valence-corrected chi connectivity index (χ2v) is 6.00. The zero-order valence-corrected chi connectivity index (χ0v) is 15.3. The van der Waals surface area contributed by atoms with E-state index in [-0.39, 0.29) is 24.6 Å². The van der Waals surface area contributed by atoms with E-state index in [0.29, 0.717) is 5.76 Å². The quantitative estimate of drug-likeness (QED) is 0.633. The molecule has 8 heteroatoms. The monoisotopic (exact) mass is 380 g/mol. The topological polar surface area (TPSA) is 114 Å². The Bertz CT molecular complexity index is 1100. The maximum atomic E-state index is 12.6. The van der Waals surface area contributed by atoms with Crippen molar-refractivity contribution < 1.29 is 9.21 Å². The molecule has 0 atom stereocenters. The first-order chi connectivity index (χ1) is 13.5. The summed E-state index contributed by atoms with van der Waals surface area (Å²) < 4.78 is 6.39. The third-order valence-corrected chi connectivity index (χ3v) is 4.18. The molecule has 1 amide bonds. The van der Waals surface area contributed by atoms with Crippen molar-refractivity contribution in [1.29, 1.82) is 0 Å². The number of nitrogens with two attached hydrogens (primary N) is 1. The first-order valence-corrected chi connectivity index (χ1v) is 8.71. The number of carbonyl (C=O) groups excluding carboxylic acids is 1. The van der Waals surface area contributed by atoms with Crippen LogP contribution in [0.5, 0.6) is 0 Å². The van der Waals surface area contributed by atoms with Gasteiger partial charge in [0, 0.05) is 12.6 Å². The summed E-state index contributed by atoms with van der Waals surface area (Å²) in [5.74, 6) is -0.0273. The molecule has 0 saturated carbocycles. The lowest BCUT2D eigenvalue weighted by molar-refractivity contribution is -0.114. The van der Waals surface area contributed by atoms with Gasteiger partial charge in [0.25, 0.3) is 11.5 Å². The van der Waals surface area contributed by atoms with Crippen LogP contribution in [0.4, 0.5) is 11.5 Å². The highest BCUT2D eigenvalue weighted by molar-refractivity contribution is 6.04. The van der Waals surface area contributed by atoms with Crippen molar-refractivity contribution in [2.45, 2.75) is 13.5 Å². The fourth-order valence-electron chi connectivity index (χ4n) is 2.81. The van der Waals surface area contributed by atoms with Crippen LogP contribution in [0, 0.1) is 0 Å². The maximum Gasteiger partial charge on any atom is 0.330 e. The number of amides is 1. The third-order valence-electron chi connectivity index (χ3n) is 4.18. The number of benzene rings is 1. The molecule has 0 aliphatic rings. The van der Waals surface area contributed by atoms with Gasteiger partial charge in [-0.15, -0.1) is 0 Å². The van der Waals surface area contributed by atoms with Crippen LogP contribution in [0.25, 0.3) is 6.08 Å². The number of nitrogens with one attached hydrogen (secondary N) is 1. The van der Waals surface area contributed by atoms with E-state index in [4.69, 9.17) is 10.2 Å². The van der Waals surface area contributed by atoms with Crippen LogP contribution in [0.2, 0.25) is 0 Å². The number of furan rings is 1. The number of nitrogen functional groups attached to an aromatic ring is 1. The number of nitrogens with zero attached hydrogens (tertiary/aromatic N) is 2. The fraction of sp³-hybridized carbons (Fsp3) is 0.150. The predicted molar refractivity (Wildman–Crippen MR) is 107 cm³/mol. The van der Waals surface area contributed by atoms with Crippen molar-refractivity contribution >= 4 is 23.5 Å². The summed E-state index contributed by atoms with van der Waals surface area (Å²) in [7, 11) is 0. The number of carbonyl (C=O) groups is 1. The number of hydrogen-bond acceptors (Lipinski definition) is 5. The van der Waals surface area contributed by atoms with E-state index in [1.807, 2.05) is 30.3 Å². The number of aromatic amines is 1. The standard InChI is InChI=1S/C20H20N4O4/c1-2-23(16(25)11-10-15-9-6-12-28-15)17-18(21)24(20(27)22-19(17)26)13-14-7-4-3-5-8-14/h3-12H,2,13,21H2,1H3,(H,22,26,27)/b11-10+. The molecular weight excluding hydrogens is 360 g/mol. The molecule has 144 valence electrons. The van der Waals surface area contributed by atoms with Crippen molar-refractivity contribution in [3.63, 3.8) is 0 Å². The normalized spacial score (nSPS) is 11.0. The average molecular weight is 380 g/mol. The summed E-state index contributed by atoms with van der Waals surface area (Å²) in [5.41, 5.74) is 5.57. The lowest BCUT2D eigenvalue weighted by Crippen LogP contribution is -2.40. The van der Waals surface area contributed by atoms with Gasteiger partial charge in [0.05, 0.1) is 12.8 Å². The summed E-state index contributed by atoms with van der Waals surface area (Å²) in [5, 5.41) is 0. The molecule has 0 radical (unpaired) electrons. The molecule has 0 spiro atoms. The van der Waals surface area contributed by atoms with Crippen molar-refractivity contribution in [3.05, 3.63) is 87.0 Å². The van der Waals surface area contributed by atoms with E-state index >= 15 is 0 Å². The second kappa shape index (κ2) is 8.26. The summed E-state index contributed by atoms with van der Waals surface area (Å²) in [6.45, 7) is 2.07. The Labute approximate surface area is 160 Å². The van der Waals surface area contributed by atoms with E-state index in [1.165, 1.54) is 27.9 Å². The van der Waals surface area contributed by atoms with Gasteiger partial charge in [-0.05, 0) is 30.7 Å². The van der Waals surface area contributed by atoms with Gasteiger partial charge in [-0.1, -0.05) is 30.3 Å². The number of likely N-dealkylation sites (N-methyl/N-ethyl adjacent to an activating group) is 1. The Morgan fingerprint density at radius 2 is 1.96 bits per heavy atom. The molecule has 28 heavy (non-hydrogen) atoms. The van der Waals surface area contributed by atoms with E-state index < -0.39 is 17.2 Å². The van der Waals surface area contributed by atoms with E-state index in [1.54, 1.807) is 19.1 Å². The zero-order valence-electron chi connectivity index (χ0n) is 15.3. The SMILES string of the molecule is CCN(C(=O)/C=C/c1ccco1)c1c(N)n(Cc2ccccc2)c(=O)[nH]c1=O. The van der Waals surface area contributed by atoms with E-state index in [0.717, 1.165) is 5.56 Å². The van der Waals surface area contributed by atoms with Gasteiger partial charge in [-0.3, -0.25) is 19.1 Å². The molecule has 0 aliphatic heterocycles. The van der Waals surface area contributed by atoms with E-state index in [2.05, 4.69) is 4.98 Å². The lowest BCUT2D eigenvalue weighted by atomic mass is 10.2. The highest BCUT2D eigenvalue weighted by atomic mass is 16.3. The number of aromatic nitrogens is 2. The third kappa shape index (κ3) is 3.96. The first-order valence-electron chi connectivity index (χ1n) is 8.71. The highest BCUT2D eigenvalue weighted by Gasteiger charge is 2.21. The van der Waals surface area contributed by atoms with Crippen molar-refractivity contribution in [2.75, 3.05) is 17.2 Å². The van der Waals surface area contributed by atoms with E-state index in [9.17, 15) is 14.4 Å². The largest absolute Gasteiger partial charge is 0.465 e. The molecular formula is C20H20N4O4. The van der Waals surface area contributed by atoms with Crippen LogP contribution in [0.1, 0.15) is 18.2 Å². The average Bonchev–Trinajstić information content (AvgIpc) is 3.21. The predicted octanol–water partition coefficient (Wildman–Crippen LogP) is 1.83.